The molecule has 0 N–H and O–H groups in total. The van der Waals surface area contributed by atoms with Gasteiger partial charge >= 0.3 is 0 Å². The summed E-state index contributed by atoms with van der Waals surface area (Å²) in [5.41, 5.74) is 3.42. The monoisotopic (exact) mass is 272 g/mol. The van der Waals surface area contributed by atoms with Crippen molar-refractivity contribution >= 4 is 17.6 Å². The highest BCUT2D eigenvalue weighted by Gasteiger charge is 2.09. The van der Waals surface area contributed by atoms with Gasteiger partial charge in [-0.15, -0.1) is 0 Å². The predicted molar refractivity (Wildman–Crippen MR) is 77.7 cm³/mol. The van der Waals surface area contributed by atoms with Crippen LogP contribution in [0.1, 0.15) is 23.9 Å². The molecule has 0 bridgehead atoms. The normalized spacial score (nSPS) is 11.2. The van der Waals surface area contributed by atoms with Gasteiger partial charge in [-0.3, -0.25) is 19.8 Å². The third kappa shape index (κ3) is 2.74. The average Bonchev–Trinajstić information content (AvgIpc) is 2.71. The number of nitrogens with zero attached hydrogens (tertiary/aromatic N) is 4. The van der Waals surface area contributed by atoms with E-state index < -0.39 is 4.92 Å². The number of non-ortho nitro benzene ring substituents is 1. The largest absolute Gasteiger partial charge is 0.270 e. The van der Waals surface area contributed by atoms with Gasteiger partial charge in [-0.2, -0.15) is 5.10 Å². The van der Waals surface area contributed by atoms with Crippen molar-refractivity contribution in [2.24, 2.45) is 4.99 Å². The highest BCUT2D eigenvalue weighted by Crippen LogP contribution is 2.23. The second-order valence-electron chi connectivity index (χ2n) is 4.45. The topological polar surface area (TPSA) is 73.3 Å². The molecule has 104 valence electrons. The van der Waals surface area contributed by atoms with Crippen LogP contribution < -0.4 is 0 Å². The highest BCUT2D eigenvalue weighted by atomic mass is 16.6. The van der Waals surface area contributed by atoms with Crippen LogP contribution in [0.2, 0.25) is 0 Å². The minimum absolute atomic E-state index is 0.0617. The Morgan fingerprint density at radius 2 is 2.20 bits per heavy atom. The summed E-state index contributed by atoms with van der Waals surface area (Å²) in [4.78, 5) is 14.7. The molecule has 0 aliphatic heterocycles. The zero-order chi connectivity index (χ0) is 14.7. The van der Waals surface area contributed by atoms with E-state index in [1.54, 1.807) is 18.3 Å². The van der Waals surface area contributed by atoms with Gasteiger partial charge in [0.25, 0.3) is 5.69 Å². The van der Waals surface area contributed by atoms with Crippen LogP contribution >= 0.6 is 0 Å². The molecule has 0 aliphatic rings. The lowest BCUT2D eigenvalue weighted by molar-refractivity contribution is -0.384. The van der Waals surface area contributed by atoms with Gasteiger partial charge in [0, 0.05) is 24.9 Å². The van der Waals surface area contributed by atoms with E-state index >= 15 is 0 Å². The van der Waals surface area contributed by atoms with Crippen molar-refractivity contribution in [3.05, 3.63) is 51.3 Å². The van der Waals surface area contributed by atoms with E-state index in [-0.39, 0.29) is 5.69 Å². The fourth-order valence-electron chi connectivity index (χ4n) is 2.04. The van der Waals surface area contributed by atoms with Crippen LogP contribution in [0.5, 0.6) is 0 Å². The Bertz CT molecular complexity index is 674. The molecule has 0 spiro atoms. The van der Waals surface area contributed by atoms with Crippen molar-refractivity contribution in [3.8, 4) is 0 Å². The minimum Gasteiger partial charge on any atom is -0.268 e. The molecule has 6 nitrogen and oxygen atoms in total. The van der Waals surface area contributed by atoms with E-state index in [4.69, 9.17) is 0 Å². The first-order valence-corrected chi connectivity index (χ1v) is 6.35. The Morgan fingerprint density at radius 3 is 2.80 bits per heavy atom. The molecular formula is C14H16N4O2. The van der Waals surface area contributed by atoms with E-state index in [2.05, 4.69) is 10.1 Å². The molecule has 6 heteroatoms. The van der Waals surface area contributed by atoms with Crippen molar-refractivity contribution in [2.75, 3.05) is 0 Å². The van der Waals surface area contributed by atoms with Crippen molar-refractivity contribution in [2.45, 2.75) is 27.3 Å². The average molecular weight is 272 g/mol. The van der Waals surface area contributed by atoms with Crippen molar-refractivity contribution < 1.29 is 4.92 Å². The van der Waals surface area contributed by atoms with Crippen LogP contribution in [0.15, 0.2) is 29.3 Å². The predicted octanol–water partition coefficient (Wildman–Crippen LogP) is 3.18. The maximum Gasteiger partial charge on any atom is 0.270 e. The van der Waals surface area contributed by atoms with Gasteiger partial charge in [-0.05, 0) is 26.3 Å². The number of aryl methyl sites for hydroxylation is 2. The molecular weight excluding hydrogens is 256 g/mol. The molecule has 0 unspecified atom stereocenters. The number of hydrogen-bond donors (Lipinski definition) is 0. The quantitative estimate of drug-likeness (QED) is 0.487. The Morgan fingerprint density at radius 1 is 1.45 bits per heavy atom. The van der Waals surface area contributed by atoms with Gasteiger partial charge < -0.3 is 0 Å². The molecule has 0 atom stereocenters. The molecule has 2 aromatic rings. The zero-order valence-electron chi connectivity index (χ0n) is 11.7. The van der Waals surface area contributed by atoms with Gasteiger partial charge in [0.05, 0.1) is 16.3 Å². The number of benzene rings is 1. The van der Waals surface area contributed by atoms with E-state index in [0.717, 1.165) is 23.6 Å². The summed E-state index contributed by atoms with van der Waals surface area (Å²) in [6.45, 7) is 6.68. The van der Waals surface area contributed by atoms with Gasteiger partial charge in [0.1, 0.15) is 5.69 Å². The lowest BCUT2D eigenvalue weighted by Gasteiger charge is -1.98. The van der Waals surface area contributed by atoms with Crippen molar-refractivity contribution in [1.29, 1.82) is 0 Å². The Kier molecular flexibility index (Phi) is 3.93. The smallest absolute Gasteiger partial charge is 0.268 e. The molecule has 1 aromatic heterocycles. The molecule has 1 heterocycles. The number of hydrogen-bond acceptors (Lipinski definition) is 4. The summed E-state index contributed by atoms with van der Waals surface area (Å²) in [6, 6.07) is 6.39. The Labute approximate surface area is 116 Å². The highest BCUT2D eigenvalue weighted by molar-refractivity contribution is 5.83. The van der Waals surface area contributed by atoms with Crippen LogP contribution in [-0.4, -0.2) is 20.9 Å². The maximum absolute atomic E-state index is 10.7. The van der Waals surface area contributed by atoms with Crippen molar-refractivity contribution in [3.63, 3.8) is 0 Å². The van der Waals surface area contributed by atoms with E-state index in [1.165, 1.54) is 12.1 Å². The van der Waals surface area contributed by atoms with E-state index in [9.17, 15) is 10.1 Å². The first-order valence-electron chi connectivity index (χ1n) is 6.35. The molecule has 0 amide bonds. The van der Waals surface area contributed by atoms with Gasteiger partial charge in [-0.1, -0.05) is 12.1 Å². The van der Waals surface area contributed by atoms with Gasteiger partial charge in [0.2, 0.25) is 0 Å². The Balaban J connectivity index is 2.32. The fraction of sp³-hybridized carbons (Fsp3) is 0.286. The molecule has 2 rings (SSSR count). The Hall–Kier alpha value is -2.50. The first kappa shape index (κ1) is 13.9. The van der Waals surface area contributed by atoms with E-state index in [0.29, 0.717) is 5.56 Å². The molecule has 0 saturated heterocycles. The number of nitro benzene ring substituents is 1. The summed E-state index contributed by atoms with van der Waals surface area (Å²) in [7, 11) is 0. The van der Waals surface area contributed by atoms with E-state index in [1.807, 2.05) is 25.5 Å². The zero-order valence-corrected chi connectivity index (χ0v) is 11.7. The van der Waals surface area contributed by atoms with Crippen LogP contribution in [0.25, 0.3) is 0 Å². The molecule has 0 radical (unpaired) electrons. The molecule has 0 fully saturated rings. The van der Waals surface area contributed by atoms with Crippen LogP contribution in [0.3, 0.4) is 0 Å². The van der Waals surface area contributed by atoms with Crippen molar-refractivity contribution in [1.82, 2.24) is 9.78 Å². The fourth-order valence-corrected chi connectivity index (χ4v) is 2.04. The molecule has 0 aliphatic carbocycles. The third-order valence-electron chi connectivity index (χ3n) is 3.07. The van der Waals surface area contributed by atoms with Gasteiger partial charge in [-0.25, -0.2) is 0 Å². The third-order valence-corrected chi connectivity index (χ3v) is 3.07. The number of aromatic nitrogens is 2. The summed E-state index contributed by atoms with van der Waals surface area (Å²) in [5.74, 6) is 0. The minimum atomic E-state index is -0.414. The summed E-state index contributed by atoms with van der Waals surface area (Å²) in [6.07, 6.45) is 1.63. The maximum atomic E-state index is 10.7. The number of rotatable bonds is 4. The summed E-state index contributed by atoms with van der Waals surface area (Å²) < 4.78 is 1.88. The first-order chi connectivity index (χ1) is 9.52. The summed E-state index contributed by atoms with van der Waals surface area (Å²) >= 11 is 0. The lowest BCUT2D eigenvalue weighted by Crippen LogP contribution is -1.98. The molecule has 20 heavy (non-hydrogen) atoms. The second kappa shape index (κ2) is 5.64. The van der Waals surface area contributed by atoms with Crippen LogP contribution in [-0.2, 0) is 6.54 Å². The van der Waals surface area contributed by atoms with Crippen LogP contribution in [0.4, 0.5) is 11.4 Å². The standard InChI is InChI=1S/C14H16N4O2/c1-4-17-11(3)14(10(2)16-17)15-9-12-6-5-7-13(8-12)18(19)20/h5-9H,4H2,1-3H3. The van der Waals surface area contributed by atoms with Gasteiger partial charge in [0.15, 0.2) is 0 Å². The van der Waals surface area contributed by atoms with Crippen LogP contribution in [0, 0.1) is 24.0 Å². The second-order valence-corrected chi connectivity index (χ2v) is 4.45. The number of nitro groups is 1. The molecule has 1 aromatic carbocycles. The summed E-state index contributed by atoms with van der Waals surface area (Å²) in [5, 5.41) is 15.1. The molecule has 0 saturated carbocycles. The SMILES string of the molecule is CCn1nc(C)c(N=Cc2cccc([N+](=O)[O-])c2)c1C. The number of aliphatic imine (C=N–C) groups is 1. The lowest BCUT2D eigenvalue weighted by atomic mass is 10.2.